The van der Waals surface area contributed by atoms with Crippen LogP contribution in [0, 0.1) is 0 Å². The summed E-state index contributed by atoms with van der Waals surface area (Å²) in [4.78, 5) is 0. The maximum atomic E-state index is 12.3. The Balaban J connectivity index is 0.00000264. The van der Waals surface area contributed by atoms with E-state index < -0.39 is 10.8 Å². The third-order valence-electron chi connectivity index (χ3n) is 4.11. The van der Waals surface area contributed by atoms with E-state index in [1.807, 2.05) is 18.2 Å². The third kappa shape index (κ3) is 6.93. The molecule has 1 aromatic rings. The van der Waals surface area contributed by atoms with E-state index in [1.54, 1.807) is 0 Å². The maximum Gasteiger partial charge on any atom is 0.231 e. The first-order valence-corrected chi connectivity index (χ1v) is 9.84. The van der Waals surface area contributed by atoms with Gasteiger partial charge in [-0.05, 0) is 30.5 Å². The zero-order valence-electron chi connectivity index (χ0n) is 14.5. The summed E-state index contributed by atoms with van der Waals surface area (Å²) < 4.78 is 23.0. The zero-order chi connectivity index (χ0) is 15.8. The van der Waals surface area contributed by atoms with E-state index in [0.29, 0.717) is 6.79 Å². The fourth-order valence-electron chi connectivity index (χ4n) is 2.72. The van der Waals surface area contributed by atoms with Crippen LogP contribution in [0.3, 0.4) is 0 Å². The molecule has 2 atom stereocenters. The van der Waals surface area contributed by atoms with Crippen LogP contribution in [-0.4, -0.2) is 22.0 Å². The number of unbranched alkanes of at least 4 members (excludes halogenated alkanes) is 5. The second-order valence-electron chi connectivity index (χ2n) is 6.05. The van der Waals surface area contributed by atoms with Crippen molar-refractivity contribution in [2.45, 2.75) is 64.0 Å². The first kappa shape index (κ1) is 20.6. The van der Waals surface area contributed by atoms with Crippen LogP contribution in [0.1, 0.15) is 57.9 Å². The first-order valence-electron chi connectivity index (χ1n) is 8.46. The molecule has 0 saturated carbocycles. The van der Waals surface area contributed by atoms with Gasteiger partial charge in [0.25, 0.3) is 0 Å². The maximum absolute atomic E-state index is 12.3. The van der Waals surface area contributed by atoms with E-state index in [-0.39, 0.29) is 24.7 Å². The standard InChI is InChI=1S/C18H28O3S.Zn/c1-3-4-5-6-7-8-11-22(19)15(2)12-16-9-10-17-18(13-16)21-14-20-17;/h9-10,13,15H,3-8,11-12,14H2,1-2H3;. The molecule has 2 rings (SSSR count). The predicted molar refractivity (Wildman–Crippen MR) is 92.1 cm³/mol. The van der Waals surface area contributed by atoms with Crippen LogP contribution in [-0.2, 0) is 36.7 Å². The van der Waals surface area contributed by atoms with Gasteiger partial charge >= 0.3 is 0 Å². The van der Waals surface area contributed by atoms with Gasteiger partial charge in [0.15, 0.2) is 11.5 Å². The number of ether oxygens (including phenoxy) is 2. The minimum atomic E-state index is -0.743. The van der Waals surface area contributed by atoms with Gasteiger partial charge in [-0.3, -0.25) is 4.21 Å². The molecule has 1 heterocycles. The van der Waals surface area contributed by atoms with E-state index in [4.69, 9.17) is 9.47 Å². The smallest absolute Gasteiger partial charge is 0.231 e. The van der Waals surface area contributed by atoms with Crippen molar-refractivity contribution in [1.29, 1.82) is 0 Å². The van der Waals surface area contributed by atoms with E-state index in [1.165, 1.54) is 37.7 Å². The normalized spacial score (nSPS) is 15.0. The van der Waals surface area contributed by atoms with Gasteiger partial charge in [-0.2, -0.15) is 0 Å². The zero-order valence-corrected chi connectivity index (χ0v) is 18.3. The Morgan fingerprint density at radius 2 is 1.78 bits per heavy atom. The molecule has 5 heteroatoms. The van der Waals surface area contributed by atoms with Gasteiger partial charge in [0.1, 0.15) is 0 Å². The van der Waals surface area contributed by atoms with Gasteiger partial charge in [-0.25, -0.2) is 0 Å². The second kappa shape index (κ2) is 11.2. The number of hydrogen-bond donors (Lipinski definition) is 0. The molecule has 0 aliphatic carbocycles. The van der Waals surface area contributed by atoms with Crippen molar-refractivity contribution in [2.75, 3.05) is 12.5 Å². The Morgan fingerprint density at radius 1 is 1.09 bits per heavy atom. The molecule has 0 spiro atoms. The predicted octanol–water partition coefficient (Wildman–Crippen LogP) is 4.45. The summed E-state index contributed by atoms with van der Waals surface area (Å²) in [6.07, 6.45) is 8.32. The Hall–Kier alpha value is -0.407. The van der Waals surface area contributed by atoms with Gasteiger partial charge in [0.2, 0.25) is 6.79 Å². The quantitative estimate of drug-likeness (QED) is 0.438. The molecule has 0 radical (unpaired) electrons. The molecule has 0 bridgehead atoms. The van der Waals surface area contributed by atoms with Crippen LogP contribution in [0.25, 0.3) is 0 Å². The molecule has 0 fully saturated rings. The number of hydrogen-bond acceptors (Lipinski definition) is 3. The summed E-state index contributed by atoms with van der Waals surface area (Å²) in [6.45, 7) is 4.61. The third-order valence-corrected chi connectivity index (χ3v) is 5.86. The summed E-state index contributed by atoms with van der Waals surface area (Å²) in [7, 11) is -0.743. The molecular formula is C18H28O3SZn. The summed E-state index contributed by atoms with van der Waals surface area (Å²) in [6, 6.07) is 6.01. The van der Waals surface area contributed by atoms with Gasteiger partial charge in [0, 0.05) is 41.3 Å². The van der Waals surface area contributed by atoms with E-state index in [9.17, 15) is 4.21 Å². The minimum Gasteiger partial charge on any atom is -0.454 e. The van der Waals surface area contributed by atoms with Crippen LogP contribution in [0.15, 0.2) is 18.2 Å². The SMILES string of the molecule is CCCCCCCCS(=O)C(C)Cc1ccc2c(c1)OCO2.[Zn]. The summed E-state index contributed by atoms with van der Waals surface area (Å²) in [5, 5.41) is 0.191. The second-order valence-corrected chi connectivity index (χ2v) is 8.03. The van der Waals surface area contributed by atoms with Crippen molar-refractivity contribution in [1.82, 2.24) is 0 Å². The fourth-order valence-corrected chi connectivity index (χ4v) is 3.99. The fraction of sp³-hybridized carbons (Fsp3) is 0.667. The number of fused-ring (bicyclic) bond motifs is 1. The van der Waals surface area contributed by atoms with Gasteiger partial charge in [-0.1, -0.05) is 52.0 Å². The van der Waals surface area contributed by atoms with Crippen LogP contribution in [0.4, 0.5) is 0 Å². The first-order chi connectivity index (χ1) is 10.7. The molecule has 3 nitrogen and oxygen atoms in total. The Bertz CT molecular complexity index is 493. The van der Waals surface area contributed by atoms with Crippen molar-refractivity contribution in [3.63, 3.8) is 0 Å². The van der Waals surface area contributed by atoms with Gasteiger partial charge in [-0.15, -0.1) is 0 Å². The van der Waals surface area contributed by atoms with Gasteiger partial charge in [0.05, 0.1) is 0 Å². The molecule has 0 N–H and O–H groups in total. The molecule has 1 aromatic carbocycles. The molecule has 2 unspecified atom stereocenters. The molecule has 0 amide bonds. The topological polar surface area (TPSA) is 35.5 Å². The van der Waals surface area contributed by atoms with Crippen molar-refractivity contribution >= 4 is 10.8 Å². The van der Waals surface area contributed by atoms with Crippen LogP contribution in [0.2, 0.25) is 0 Å². The van der Waals surface area contributed by atoms with Gasteiger partial charge < -0.3 is 9.47 Å². The monoisotopic (exact) mass is 388 g/mol. The molecule has 23 heavy (non-hydrogen) atoms. The van der Waals surface area contributed by atoms with E-state index >= 15 is 0 Å². The molecule has 1 aliphatic rings. The van der Waals surface area contributed by atoms with Crippen molar-refractivity contribution in [3.05, 3.63) is 23.8 Å². The summed E-state index contributed by atoms with van der Waals surface area (Å²) >= 11 is 0. The molecule has 0 aromatic heterocycles. The average Bonchev–Trinajstić information content (AvgIpc) is 2.98. The molecule has 126 valence electrons. The minimum absolute atomic E-state index is 0. The summed E-state index contributed by atoms with van der Waals surface area (Å²) in [5.41, 5.74) is 1.17. The Kier molecular flexibility index (Phi) is 10.1. The van der Waals surface area contributed by atoms with E-state index in [2.05, 4.69) is 13.8 Å². The van der Waals surface area contributed by atoms with Crippen molar-refractivity contribution in [2.24, 2.45) is 0 Å². The summed E-state index contributed by atoms with van der Waals surface area (Å²) in [5.74, 6) is 2.45. The Morgan fingerprint density at radius 3 is 2.57 bits per heavy atom. The van der Waals surface area contributed by atoms with Crippen LogP contribution < -0.4 is 9.47 Å². The van der Waals surface area contributed by atoms with Crippen molar-refractivity contribution in [3.8, 4) is 11.5 Å². The number of rotatable bonds is 10. The van der Waals surface area contributed by atoms with Crippen molar-refractivity contribution < 1.29 is 33.2 Å². The van der Waals surface area contributed by atoms with E-state index in [0.717, 1.165) is 30.1 Å². The molecule has 0 saturated heterocycles. The van der Waals surface area contributed by atoms with Crippen LogP contribution in [0.5, 0.6) is 11.5 Å². The number of benzene rings is 1. The Labute approximate surface area is 155 Å². The van der Waals surface area contributed by atoms with Crippen LogP contribution >= 0.6 is 0 Å². The average molecular weight is 390 g/mol. The molecular weight excluding hydrogens is 362 g/mol. The largest absolute Gasteiger partial charge is 0.454 e. The molecule has 1 aliphatic heterocycles.